The predicted octanol–water partition coefficient (Wildman–Crippen LogP) is 6.96. The summed E-state index contributed by atoms with van der Waals surface area (Å²) >= 11 is 6.83. The van der Waals surface area contributed by atoms with Crippen LogP contribution in [0.4, 0.5) is 10.1 Å². The number of carbonyl (C=O) groups is 1. The van der Waals surface area contributed by atoms with Crippen LogP contribution in [0.1, 0.15) is 11.1 Å². The highest BCUT2D eigenvalue weighted by atomic mass is 32.2. The second-order valence-electron chi connectivity index (χ2n) is 7.47. The Kier molecular flexibility index (Phi) is 5.94. The maximum atomic E-state index is 13.8. The Morgan fingerprint density at radius 2 is 1.70 bits per heavy atom. The summed E-state index contributed by atoms with van der Waals surface area (Å²) in [5.74, 6) is 0.140. The number of anilines is 1. The molecular weight excluding hydrogens is 453 g/mol. The van der Waals surface area contributed by atoms with Gasteiger partial charge in [-0.05, 0) is 41.3 Å². The Labute approximate surface area is 200 Å². The van der Waals surface area contributed by atoms with E-state index in [1.807, 2.05) is 60.7 Å². The van der Waals surface area contributed by atoms with Crippen LogP contribution in [-0.2, 0) is 11.4 Å². The monoisotopic (exact) mass is 471 g/mol. The standard InChI is InChI=1S/C27H18FNO2S2/c28-23-13-4-2-9-20(23)17-31-21-11-5-7-18(15-21)16-25-26(30)29(27(32)33-25)24-14-6-10-19-8-1-3-12-22(19)24/h1-16H,17H2/b25-16-. The molecular formula is C27H18FNO2S2. The number of halogens is 1. The maximum absolute atomic E-state index is 13.8. The Bertz CT molecular complexity index is 1410. The summed E-state index contributed by atoms with van der Waals surface area (Å²) in [6, 6.07) is 27.7. The van der Waals surface area contributed by atoms with Crippen LogP contribution < -0.4 is 9.64 Å². The fourth-order valence-electron chi connectivity index (χ4n) is 3.70. The Morgan fingerprint density at radius 3 is 2.58 bits per heavy atom. The highest BCUT2D eigenvalue weighted by molar-refractivity contribution is 8.27. The van der Waals surface area contributed by atoms with Crippen LogP contribution in [0.15, 0.2) is 95.9 Å². The van der Waals surface area contributed by atoms with E-state index in [2.05, 4.69) is 0 Å². The van der Waals surface area contributed by atoms with E-state index in [9.17, 15) is 9.18 Å². The molecule has 1 fully saturated rings. The SMILES string of the molecule is O=C1/C(=C/c2cccc(OCc3ccccc3F)c2)SC(=S)N1c1cccc2ccccc12. The van der Waals surface area contributed by atoms with E-state index in [4.69, 9.17) is 17.0 Å². The molecule has 0 spiro atoms. The van der Waals surface area contributed by atoms with Crippen molar-refractivity contribution < 1.29 is 13.9 Å². The molecule has 0 bridgehead atoms. The van der Waals surface area contributed by atoms with E-state index in [0.717, 1.165) is 22.0 Å². The van der Waals surface area contributed by atoms with Crippen molar-refractivity contribution in [2.45, 2.75) is 6.61 Å². The number of ether oxygens (including phenoxy) is 1. The van der Waals surface area contributed by atoms with Crippen LogP contribution in [-0.4, -0.2) is 10.2 Å². The molecule has 0 saturated carbocycles. The number of hydrogen-bond donors (Lipinski definition) is 0. The van der Waals surface area contributed by atoms with Crippen LogP contribution in [0.2, 0.25) is 0 Å². The van der Waals surface area contributed by atoms with Gasteiger partial charge in [-0.25, -0.2) is 4.39 Å². The fraction of sp³-hybridized carbons (Fsp3) is 0.0370. The van der Waals surface area contributed by atoms with Crippen LogP contribution in [0.25, 0.3) is 16.8 Å². The van der Waals surface area contributed by atoms with Crippen LogP contribution in [0.5, 0.6) is 5.75 Å². The molecule has 0 aromatic heterocycles. The van der Waals surface area contributed by atoms with Crippen molar-refractivity contribution in [3.05, 3.63) is 113 Å². The summed E-state index contributed by atoms with van der Waals surface area (Å²) < 4.78 is 20.1. The van der Waals surface area contributed by atoms with Gasteiger partial charge in [0.25, 0.3) is 5.91 Å². The largest absolute Gasteiger partial charge is 0.489 e. The molecule has 0 atom stereocenters. The third kappa shape index (κ3) is 4.40. The normalized spacial score (nSPS) is 14.9. The lowest BCUT2D eigenvalue weighted by Crippen LogP contribution is -2.27. The molecule has 3 nitrogen and oxygen atoms in total. The zero-order chi connectivity index (χ0) is 22.8. The van der Waals surface area contributed by atoms with E-state index in [1.54, 1.807) is 35.2 Å². The molecule has 162 valence electrons. The molecule has 1 amide bonds. The van der Waals surface area contributed by atoms with E-state index in [1.165, 1.54) is 17.8 Å². The number of nitrogens with zero attached hydrogens (tertiary/aromatic N) is 1. The molecule has 6 heteroatoms. The summed E-state index contributed by atoms with van der Waals surface area (Å²) in [7, 11) is 0. The molecule has 0 aliphatic carbocycles. The quantitative estimate of drug-likeness (QED) is 0.232. The first-order valence-electron chi connectivity index (χ1n) is 10.3. The first-order valence-corrected chi connectivity index (χ1v) is 11.5. The minimum absolute atomic E-state index is 0.124. The van der Waals surface area contributed by atoms with Gasteiger partial charge in [0, 0.05) is 10.9 Å². The average molecular weight is 472 g/mol. The van der Waals surface area contributed by atoms with Crippen LogP contribution in [0, 0.1) is 5.82 Å². The van der Waals surface area contributed by atoms with Gasteiger partial charge in [0.1, 0.15) is 18.2 Å². The van der Waals surface area contributed by atoms with Crippen molar-refractivity contribution in [2.75, 3.05) is 4.90 Å². The lowest BCUT2D eigenvalue weighted by molar-refractivity contribution is -0.113. The summed E-state index contributed by atoms with van der Waals surface area (Å²) in [6.07, 6.45) is 1.81. The molecule has 1 aliphatic heterocycles. The number of thiocarbonyl (C=S) groups is 1. The molecule has 1 aliphatic rings. The van der Waals surface area contributed by atoms with Crippen molar-refractivity contribution in [2.24, 2.45) is 0 Å². The number of amides is 1. The topological polar surface area (TPSA) is 29.5 Å². The van der Waals surface area contributed by atoms with Gasteiger partial charge < -0.3 is 4.74 Å². The van der Waals surface area contributed by atoms with Crippen molar-refractivity contribution in [3.8, 4) is 5.75 Å². The first kappa shape index (κ1) is 21.4. The van der Waals surface area contributed by atoms with Gasteiger partial charge in [-0.3, -0.25) is 9.69 Å². The number of carbonyl (C=O) groups excluding carboxylic acids is 1. The lowest BCUT2D eigenvalue weighted by Gasteiger charge is -2.17. The molecule has 4 aromatic rings. The Hall–Kier alpha value is -3.48. The third-order valence-corrected chi connectivity index (χ3v) is 6.61. The van der Waals surface area contributed by atoms with E-state index < -0.39 is 0 Å². The zero-order valence-corrected chi connectivity index (χ0v) is 19.0. The molecule has 5 rings (SSSR count). The number of rotatable bonds is 5. The highest BCUT2D eigenvalue weighted by Crippen LogP contribution is 2.39. The third-order valence-electron chi connectivity index (χ3n) is 5.31. The summed E-state index contributed by atoms with van der Waals surface area (Å²) in [6.45, 7) is 0.124. The van der Waals surface area contributed by atoms with Crippen molar-refractivity contribution in [1.29, 1.82) is 0 Å². The molecule has 1 saturated heterocycles. The maximum Gasteiger partial charge on any atom is 0.270 e. The number of fused-ring (bicyclic) bond motifs is 1. The molecule has 4 aromatic carbocycles. The van der Waals surface area contributed by atoms with Crippen LogP contribution in [0.3, 0.4) is 0 Å². The first-order chi connectivity index (χ1) is 16.1. The molecule has 0 unspecified atom stereocenters. The van der Waals surface area contributed by atoms with Crippen LogP contribution >= 0.6 is 24.0 Å². The second-order valence-corrected chi connectivity index (χ2v) is 9.14. The van der Waals surface area contributed by atoms with Gasteiger partial charge in [0.05, 0.1) is 10.6 Å². The smallest absolute Gasteiger partial charge is 0.270 e. The summed E-state index contributed by atoms with van der Waals surface area (Å²) in [5, 5.41) is 2.02. The Balaban J connectivity index is 1.39. The molecule has 33 heavy (non-hydrogen) atoms. The van der Waals surface area contributed by atoms with Gasteiger partial charge in [0.2, 0.25) is 0 Å². The zero-order valence-electron chi connectivity index (χ0n) is 17.4. The van der Waals surface area contributed by atoms with Gasteiger partial charge in [-0.2, -0.15) is 0 Å². The predicted molar refractivity (Wildman–Crippen MR) is 137 cm³/mol. The summed E-state index contributed by atoms with van der Waals surface area (Å²) in [5.41, 5.74) is 2.07. The van der Waals surface area contributed by atoms with Crippen molar-refractivity contribution >= 4 is 56.7 Å². The lowest BCUT2D eigenvalue weighted by atomic mass is 10.1. The Morgan fingerprint density at radius 1 is 0.939 bits per heavy atom. The molecule has 1 heterocycles. The van der Waals surface area contributed by atoms with Gasteiger partial charge in [0.15, 0.2) is 4.32 Å². The van der Waals surface area contributed by atoms with Crippen molar-refractivity contribution in [1.82, 2.24) is 0 Å². The summed E-state index contributed by atoms with van der Waals surface area (Å²) in [4.78, 5) is 15.4. The van der Waals surface area contributed by atoms with E-state index in [0.29, 0.717) is 20.5 Å². The van der Waals surface area contributed by atoms with Gasteiger partial charge in [-0.15, -0.1) is 0 Å². The van der Waals surface area contributed by atoms with Gasteiger partial charge >= 0.3 is 0 Å². The minimum atomic E-state index is -0.300. The second kappa shape index (κ2) is 9.17. The molecule has 0 N–H and O–H groups in total. The van der Waals surface area contributed by atoms with Crippen molar-refractivity contribution in [3.63, 3.8) is 0 Å². The minimum Gasteiger partial charge on any atom is -0.489 e. The van der Waals surface area contributed by atoms with E-state index in [-0.39, 0.29) is 18.3 Å². The van der Waals surface area contributed by atoms with E-state index >= 15 is 0 Å². The molecule has 0 radical (unpaired) electrons. The van der Waals surface area contributed by atoms with Gasteiger partial charge in [-0.1, -0.05) is 90.7 Å². The number of hydrogen-bond acceptors (Lipinski definition) is 4. The number of thioether (sulfide) groups is 1. The number of benzene rings is 4. The average Bonchev–Trinajstić information content (AvgIpc) is 3.11. The highest BCUT2D eigenvalue weighted by Gasteiger charge is 2.34. The fourth-order valence-corrected chi connectivity index (χ4v) is 4.99.